The molecule has 3 rings (SSSR count). The van der Waals surface area contributed by atoms with Crippen LogP contribution in [0.3, 0.4) is 0 Å². The maximum absolute atomic E-state index is 5.80. The smallest absolute Gasteiger partial charge is 0.227 e. The van der Waals surface area contributed by atoms with Gasteiger partial charge >= 0.3 is 0 Å². The van der Waals surface area contributed by atoms with Gasteiger partial charge in [-0.3, -0.25) is 0 Å². The second-order valence-corrected chi connectivity index (χ2v) is 5.96. The molecule has 0 amide bonds. The van der Waals surface area contributed by atoms with Crippen molar-refractivity contribution in [1.82, 2.24) is 14.9 Å². The van der Waals surface area contributed by atoms with Crippen LogP contribution in [0.5, 0.6) is 5.75 Å². The maximum Gasteiger partial charge on any atom is 0.227 e. The molecule has 0 spiro atoms. The number of halogens is 1. The Kier molecular flexibility index (Phi) is 4.83. The van der Waals surface area contributed by atoms with Crippen LogP contribution in [0.4, 0.5) is 17.3 Å². The zero-order valence-corrected chi connectivity index (χ0v) is 14.0. The molecule has 122 valence electrons. The number of aromatic nitrogens is 2. The fourth-order valence-corrected chi connectivity index (χ4v) is 2.64. The normalized spacial score (nSPS) is 15.5. The van der Waals surface area contributed by atoms with Gasteiger partial charge in [-0.15, -0.1) is 0 Å². The van der Waals surface area contributed by atoms with E-state index in [4.69, 9.17) is 16.3 Å². The average Bonchev–Trinajstić information content (AvgIpc) is 2.58. The zero-order valence-electron chi connectivity index (χ0n) is 13.3. The maximum atomic E-state index is 5.80. The van der Waals surface area contributed by atoms with Gasteiger partial charge in [0.1, 0.15) is 5.75 Å². The lowest BCUT2D eigenvalue weighted by Gasteiger charge is -2.34. The molecule has 1 fully saturated rings. The summed E-state index contributed by atoms with van der Waals surface area (Å²) in [6, 6.07) is 6.13. The molecule has 1 saturated heterocycles. The quantitative estimate of drug-likeness (QED) is 0.928. The number of hydrogen-bond donors (Lipinski definition) is 1. The van der Waals surface area contributed by atoms with Gasteiger partial charge in [0.2, 0.25) is 5.95 Å². The Hall–Kier alpha value is -2.05. The summed E-state index contributed by atoms with van der Waals surface area (Å²) < 4.78 is 5.51. The van der Waals surface area contributed by atoms with Crippen molar-refractivity contribution in [2.75, 3.05) is 50.6 Å². The Morgan fingerprint density at radius 3 is 2.48 bits per heavy atom. The molecule has 7 heteroatoms. The van der Waals surface area contributed by atoms with Gasteiger partial charge in [0.05, 0.1) is 30.2 Å². The van der Waals surface area contributed by atoms with Crippen molar-refractivity contribution in [1.29, 1.82) is 0 Å². The van der Waals surface area contributed by atoms with Gasteiger partial charge in [-0.2, -0.15) is 0 Å². The third-order valence-corrected chi connectivity index (χ3v) is 4.12. The first-order chi connectivity index (χ1) is 11.2. The predicted octanol–water partition coefficient (Wildman–Crippen LogP) is 2.63. The molecular weight excluding hydrogens is 314 g/mol. The molecule has 6 nitrogen and oxygen atoms in total. The van der Waals surface area contributed by atoms with E-state index >= 15 is 0 Å². The minimum Gasteiger partial charge on any atom is -0.494 e. The molecule has 1 aliphatic rings. The summed E-state index contributed by atoms with van der Waals surface area (Å²) in [7, 11) is 3.81. The van der Waals surface area contributed by atoms with E-state index in [2.05, 4.69) is 38.2 Å². The van der Waals surface area contributed by atoms with Gasteiger partial charge < -0.3 is 19.9 Å². The minimum atomic E-state index is 0.486. The molecule has 2 aromatic rings. The van der Waals surface area contributed by atoms with Crippen molar-refractivity contribution in [3.63, 3.8) is 0 Å². The van der Waals surface area contributed by atoms with Crippen molar-refractivity contribution < 1.29 is 4.74 Å². The van der Waals surface area contributed by atoms with Crippen LogP contribution < -0.4 is 15.0 Å². The minimum absolute atomic E-state index is 0.486. The molecule has 0 aliphatic carbocycles. The molecule has 1 aliphatic heterocycles. The van der Waals surface area contributed by atoms with Crippen molar-refractivity contribution in [3.8, 4) is 5.75 Å². The first kappa shape index (κ1) is 15.8. The van der Waals surface area contributed by atoms with E-state index in [1.165, 1.54) is 0 Å². The Balaban J connectivity index is 1.78. The van der Waals surface area contributed by atoms with E-state index in [0.717, 1.165) is 43.3 Å². The molecule has 23 heavy (non-hydrogen) atoms. The number of piperazine rings is 1. The van der Waals surface area contributed by atoms with Crippen LogP contribution in [0.15, 0.2) is 30.6 Å². The fraction of sp³-hybridized carbons (Fsp3) is 0.375. The van der Waals surface area contributed by atoms with Crippen LogP contribution in [0, 0.1) is 0 Å². The SMILES string of the molecule is COc1cc(N2CCN(C)CC2)ccc1Nc1ncc(Cl)cn1. The highest BCUT2D eigenvalue weighted by Crippen LogP contribution is 2.31. The van der Waals surface area contributed by atoms with Crippen LogP contribution in [0.2, 0.25) is 5.02 Å². The summed E-state index contributed by atoms with van der Waals surface area (Å²) in [5.74, 6) is 1.25. The van der Waals surface area contributed by atoms with Crippen molar-refractivity contribution in [3.05, 3.63) is 35.6 Å². The van der Waals surface area contributed by atoms with Crippen LogP contribution >= 0.6 is 11.6 Å². The van der Waals surface area contributed by atoms with Crippen molar-refractivity contribution in [2.24, 2.45) is 0 Å². The number of ether oxygens (including phenoxy) is 1. The number of nitrogens with zero attached hydrogens (tertiary/aromatic N) is 4. The van der Waals surface area contributed by atoms with E-state index in [0.29, 0.717) is 11.0 Å². The molecule has 0 atom stereocenters. The van der Waals surface area contributed by atoms with E-state index in [9.17, 15) is 0 Å². The molecule has 0 saturated carbocycles. The van der Waals surface area contributed by atoms with E-state index < -0.39 is 0 Å². The number of likely N-dealkylation sites (N-methyl/N-ethyl adjacent to an activating group) is 1. The first-order valence-corrected chi connectivity index (χ1v) is 7.89. The number of rotatable bonds is 4. The second kappa shape index (κ2) is 7.02. The zero-order chi connectivity index (χ0) is 16.2. The third kappa shape index (κ3) is 3.83. The number of methoxy groups -OCH3 is 1. The van der Waals surface area contributed by atoms with Crippen LogP contribution in [0.25, 0.3) is 0 Å². The summed E-state index contributed by atoms with van der Waals surface area (Å²) in [6.45, 7) is 4.18. The number of nitrogens with one attached hydrogen (secondary N) is 1. The van der Waals surface area contributed by atoms with Crippen molar-refractivity contribution >= 4 is 28.9 Å². The van der Waals surface area contributed by atoms with E-state index in [1.54, 1.807) is 19.5 Å². The average molecular weight is 334 g/mol. The second-order valence-electron chi connectivity index (χ2n) is 5.52. The Bertz CT molecular complexity index is 656. The highest BCUT2D eigenvalue weighted by molar-refractivity contribution is 6.30. The Morgan fingerprint density at radius 1 is 1.13 bits per heavy atom. The summed E-state index contributed by atoms with van der Waals surface area (Å²) in [6.07, 6.45) is 3.12. The number of benzene rings is 1. The van der Waals surface area contributed by atoms with Gasteiger partial charge in [-0.05, 0) is 19.2 Å². The largest absolute Gasteiger partial charge is 0.494 e. The first-order valence-electron chi connectivity index (χ1n) is 7.52. The van der Waals surface area contributed by atoms with Gasteiger partial charge in [0, 0.05) is 37.9 Å². The summed E-state index contributed by atoms with van der Waals surface area (Å²) in [5, 5.41) is 3.66. The highest BCUT2D eigenvalue weighted by atomic mass is 35.5. The standard InChI is InChI=1S/C16H20ClN5O/c1-21-5-7-22(8-6-21)13-3-4-14(15(9-13)23-2)20-16-18-10-12(17)11-19-16/h3-4,9-11H,5-8H2,1-2H3,(H,18,19,20). The molecule has 0 unspecified atom stereocenters. The van der Waals surface area contributed by atoms with E-state index in [-0.39, 0.29) is 0 Å². The monoisotopic (exact) mass is 333 g/mol. The fourth-order valence-electron chi connectivity index (χ4n) is 2.54. The summed E-state index contributed by atoms with van der Waals surface area (Å²) >= 11 is 5.80. The Labute approximate surface area is 141 Å². The lowest BCUT2D eigenvalue weighted by molar-refractivity contribution is 0.312. The Morgan fingerprint density at radius 2 is 1.83 bits per heavy atom. The highest BCUT2D eigenvalue weighted by Gasteiger charge is 2.16. The third-order valence-electron chi connectivity index (χ3n) is 3.92. The van der Waals surface area contributed by atoms with Crippen LogP contribution in [0.1, 0.15) is 0 Å². The topological polar surface area (TPSA) is 53.5 Å². The van der Waals surface area contributed by atoms with Crippen molar-refractivity contribution in [2.45, 2.75) is 0 Å². The van der Waals surface area contributed by atoms with Gasteiger partial charge in [-0.25, -0.2) is 9.97 Å². The van der Waals surface area contributed by atoms with Crippen LogP contribution in [-0.2, 0) is 0 Å². The number of anilines is 3. The molecular formula is C16H20ClN5O. The molecule has 0 bridgehead atoms. The predicted molar refractivity (Wildman–Crippen MR) is 93.0 cm³/mol. The summed E-state index contributed by atoms with van der Waals surface area (Å²) in [5.41, 5.74) is 1.99. The molecule has 1 aromatic heterocycles. The molecule has 0 radical (unpaired) electrons. The molecule has 2 heterocycles. The summed E-state index contributed by atoms with van der Waals surface area (Å²) in [4.78, 5) is 13.0. The lowest BCUT2D eigenvalue weighted by Crippen LogP contribution is -2.44. The van der Waals surface area contributed by atoms with Gasteiger partial charge in [0.25, 0.3) is 0 Å². The van der Waals surface area contributed by atoms with E-state index in [1.807, 2.05) is 12.1 Å². The van der Waals surface area contributed by atoms with Crippen LogP contribution in [-0.4, -0.2) is 55.2 Å². The van der Waals surface area contributed by atoms with Gasteiger partial charge in [0.15, 0.2) is 0 Å². The number of hydrogen-bond acceptors (Lipinski definition) is 6. The molecule has 1 N–H and O–H groups in total. The molecule has 1 aromatic carbocycles. The lowest BCUT2D eigenvalue weighted by atomic mass is 10.2. The van der Waals surface area contributed by atoms with Gasteiger partial charge in [-0.1, -0.05) is 11.6 Å².